The Balaban J connectivity index is 1.40. The average Bonchev–Trinajstić information content (AvgIpc) is 2.68. The minimum atomic E-state index is -0.316. The maximum Gasteiger partial charge on any atom is 0.263 e. The molecule has 4 fully saturated rings. The topological polar surface area (TPSA) is 64.9 Å². The molecular weight excluding hydrogens is 346 g/mol. The van der Waals surface area contributed by atoms with Gasteiger partial charge in [0, 0.05) is 12.2 Å². The third-order valence-corrected chi connectivity index (χ3v) is 7.49. The van der Waals surface area contributed by atoms with Crippen molar-refractivity contribution in [1.82, 2.24) is 10.6 Å². The van der Waals surface area contributed by atoms with Gasteiger partial charge in [0.15, 0.2) is 0 Å². The van der Waals surface area contributed by atoms with E-state index in [1.807, 2.05) is 37.3 Å². The molecule has 4 aliphatic rings. The minimum absolute atomic E-state index is 0.133. The van der Waals surface area contributed by atoms with Crippen molar-refractivity contribution in [1.29, 1.82) is 5.26 Å². The molecule has 1 amide bonds. The Morgan fingerprint density at radius 1 is 1.11 bits per heavy atom. The summed E-state index contributed by atoms with van der Waals surface area (Å²) < 4.78 is 0. The second kappa shape index (κ2) is 7.62. The Bertz CT molecular complexity index is 757. The maximum atomic E-state index is 12.6. The summed E-state index contributed by atoms with van der Waals surface area (Å²) >= 11 is 0. The molecule has 148 valence electrons. The molecule has 0 spiro atoms. The van der Waals surface area contributed by atoms with Crippen LogP contribution in [-0.4, -0.2) is 11.9 Å². The van der Waals surface area contributed by atoms with Gasteiger partial charge >= 0.3 is 0 Å². The Morgan fingerprint density at radius 2 is 1.68 bits per heavy atom. The first kappa shape index (κ1) is 19.1. The summed E-state index contributed by atoms with van der Waals surface area (Å²) in [6.07, 6.45) is 9.83. The van der Waals surface area contributed by atoms with Gasteiger partial charge in [-0.3, -0.25) is 4.79 Å². The van der Waals surface area contributed by atoms with Gasteiger partial charge < -0.3 is 10.6 Å². The summed E-state index contributed by atoms with van der Waals surface area (Å²) in [5.74, 6) is 2.36. The van der Waals surface area contributed by atoms with E-state index in [9.17, 15) is 10.1 Å². The minimum Gasteiger partial charge on any atom is -0.387 e. The lowest BCUT2D eigenvalue weighted by atomic mass is 9.48. The number of hydrogen-bond donors (Lipinski definition) is 2. The summed E-state index contributed by atoms with van der Waals surface area (Å²) in [5, 5.41) is 15.9. The molecule has 0 radical (unpaired) electrons. The molecule has 4 bridgehead atoms. The van der Waals surface area contributed by atoms with Crippen molar-refractivity contribution in [2.45, 2.75) is 64.5 Å². The predicted molar refractivity (Wildman–Crippen MR) is 110 cm³/mol. The number of hydrogen-bond acceptors (Lipinski definition) is 3. The largest absolute Gasteiger partial charge is 0.387 e. The Morgan fingerprint density at radius 3 is 2.21 bits per heavy atom. The van der Waals surface area contributed by atoms with Crippen LogP contribution < -0.4 is 10.6 Å². The smallest absolute Gasteiger partial charge is 0.263 e. The third-order valence-electron chi connectivity index (χ3n) is 7.49. The van der Waals surface area contributed by atoms with Gasteiger partial charge in [-0.05, 0) is 81.1 Å². The molecule has 28 heavy (non-hydrogen) atoms. The molecule has 5 rings (SSSR count). The van der Waals surface area contributed by atoms with Crippen LogP contribution in [0.3, 0.4) is 0 Å². The van der Waals surface area contributed by atoms with Crippen molar-refractivity contribution in [3.8, 4) is 6.07 Å². The zero-order chi connectivity index (χ0) is 19.7. The summed E-state index contributed by atoms with van der Waals surface area (Å²) in [5.41, 5.74) is 1.53. The molecule has 1 aromatic carbocycles. The van der Waals surface area contributed by atoms with Crippen LogP contribution in [0, 0.1) is 34.5 Å². The second-order valence-corrected chi connectivity index (χ2v) is 9.44. The Kier molecular flexibility index (Phi) is 5.19. The maximum absolute atomic E-state index is 12.6. The van der Waals surface area contributed by atoms with Gasteiger partial charge in [0.25, 0.3) is 5.91 Å². The van der Waals surface area contributed by atoms with Crippen LogP contribution in [0.2, 0.25) is 0 Å². The lowest BCUT2D eigenvalue weighted by molar-refractivity contribution is -0.117. The SMILES string of the molecule is CC(NC(=O)/C(C#N)=C\NC(C)C12CC3CC(CC(C3)C1)C2)c1ccccc1. The molecule has 2 unspecified atom stereocenters. The molecule has 4 saturated carbocycles. The van der Waals surface area contributed by atoms with Crippen LogP contribution in [0.15, 0.2) is 42.1 Å². The average molecular weight is 378 g/mol. The molecule has 0 aromatic heterocycles. The number of nitrogens with one attached hydrogen (secondary N) is 2. The van der Waals surface area contributed by atoms with Crippen molar-refractivity contribution < 1.29 is 4.79 Å². The Hall–Kier alpha value is -2.28. The van der Waals surface area contributed by atoms with Crippen molar-refractivity contribution in [3.63, 3.8) is 0 Å². The van der Waals surface area contributed by atoms with Gasteiger partial charge in [0.2, 0.25) is 0 Å². The van der Waals surface area contributed by atoms with E-state index < -0.39 is 0 Å². The number of nitrogens with zero attached hydrogens (tertiary/aromatic N) is 1. The van der Waals surface area contributed by atoms with Crippen molar-refractivity contribution in [2.24, 2.45) is 23.2 Å². The van der Waals surface area contributed by atoms with Crippen LogP contribution in [0.1, 0.15) is 64.0 Å². The molecule has 2 atom stereocenters. The van der Waals surface area contributed by atoms with Gasteiger partial charge in [0.05, 0.1) is 6.04 Å². The number of carbonyl (C=O) groups excluding carboxylic acids is 1. The van der Waals surface area contributed by atoms with E-state index in [1.165, 1.54) is 38.5 Å². The molecule has 0 saturated heterocycles. The van der Waals surface area contributed by atoms with Gasteiger partial charge in [-0.25, -0.2) is 0 Å². The fraction of sp³-hybridized carbons (Fsp3) is 0.583. The number of nitriles is 1. The number of carbonyl (C=O) groups is 1. The monoisotopic (exact) mass is 377 g/mol. The number of rotatable bonds is 6. The summed E-state index contributed by atoms with van der Waals surface area (Å²) in [6, 6.07) is 12.1. The quantitative estimate of drug-likeness (QED) is 0.568. The van der Waals surface area contributed by atoms with Crippen molar-refractivity contribution in [2.75, 3.05) is 0 Å². The van der Waals surface area contributed by atoms with E-state index in [0.29, 0.717) is 11.5 Å². The van der Waals surface area contributed by atoms with E-state index in [4.69, 9.17) is 0 Å². The molecule has 4 nitrogen and oxygen atoms in total. The third kappa shape index (κ3) is 3.68. The van der Waals surface area contributed by atoms with Crippen LogP contribution in [-0.2, 0) is 4.79 Å². The summed E-state index contributed by atoms with van der Waals surface area (Å²) in [4.78, 5) is 12.6. The lowest BCUT2D eigenvalue weighted by Crippen LogP contribution is -2.54. The highest BCUT2D eigenvalue weighted by atomic mass is 16.1. The molecular formula is C24H31N3O. The standard InChI is InChI=1S/C24H31N3O/c1-16(21-6-4-3-5-7-21)27-23(28)22(14-25)15-26-17(2)24-11-18-8-19(12-24)10-20(9-18)13-24/h3-7,15-20,26H,8-13H2,1-2H3,(H,27,28)/b22-15-. The predicted octanol–water partition coefficient (Wildman–Crippen LogP) is 4.47. The summed E-state index contributed by atoms with van der Waals surface area (Å²) in [6.45, 7) is 4.18. The van der Waals surface area contributed by atoms with Gasteiger partial charge in [0.1, 0.15) is 11.6 Å². The van der Waals surface area contributed by atoms with E-state index in [-0.39, 0.29) is 17.5 Å². The van der Waals surface area contributed by atoms with Crippen LogP contribution in [0.25, 0.3) is 0 Å². The van der Waals surface area contributed by atoms with Gasteiger partial charge in [-0.15, -0.1) is 0 Å². The normalized spacial score (nSPS) is 33.0. The first-order chi connectivity index (χ1) is 13.5. The van der Waals surface area contributed by atoms with Crippen LogP contribution in [0.4, 0.5) is 0 Å². The highest BCUT2D eigenvalue weighted by Gasteiger charge is 2.53. The van der Waals surface area contributed by atoms with E-state index in [1.54, 1.807) is 6.20 Å². The number of benzene rings is 1. The molecule has 0 heterocycles. The first-order valence-electron chi connectivity index (χ1n) is 10.7. The highest BCUT2D eigenvalue weighted by molar-refractivity contribution is 5.97. The first-order valence-corrected chi connectivity index (χ1v) is 10.7. The zero-order valence-corrected chi connectivity index (χ0v) is 16.9. The lowest BCUT2D eigenvalue weighted by Gasteiger charge is -2.59. The van der Waals surface area contributed by atoms with Gasteiger partial charge in [-0.2, -0.15) is 5.26 Å². The van der Waals surface area contributed by atoms with E-state index in [0.717, 1.165) is 23.3 Å². The Labute approximate surface area is 168 Å². The highest BCUT2D eigenvalue weighted by Crippen LogP contribution is 2.61. The van der Waals surface area contributed by atoms with Crippen molar-refractivity contribution >= 4 is 5.91 Å². The molecule has 4 aliphatic carbocycles. The molecule has 0 aliphatic heterocycles. The molecule has 2 N–H and O–H groups in total. The summed E-state index contributed by atoms with van der Waals surface area (Å²) in [7, 11) is 0. The fourth-order valence-electron chi connectivity index (χ4n) is 6.34. The fourth-order valence-corrected chi connectivity index (χ4v) is 6.34. The van der Waals surface area contributed by atoms with Gasteiger partial charge in [-0.1, -0.05) is 30.3 Å². The molecule has 1 aromatic rings. The second-order valence-electron chi connectivity index (χ2n) is 9.44. The van der Waals surface area contributed by atoms with E-state index in [2.05, 4.69) is 23.6 Å². The zero-order valence-electron chi connectivity index (χ0n) is 16.9. The van der Waals surface area contributed by atoms with Crippen LogP contribution >= 0.6 is 0 Å². The molecule has 4 heteroatoms. The van der Waals surface area contributed by atoms with E-state index >= 15 is 0 Å². The van der Waals surface area contributed by atoms with Crippen molar-refractivity contribution in [3.05, 3.63) is 47.7 Å². The van der Waals surface area contributed by atoms with Crippen LogP contribution in [0.5, 0.6) is 0 Å². The number of amides is 1.